The molecule has 2 aromatic rings. The Labute approximate surface area is 191 Å². The molecule has 9 heteroatoms. The largest absolute Gasteiger partial charge is 0.417 e. The van der Waals surface area contributed by atoms with Crippen LogP contribution in [0.5, 0.6) is 0 Å². The minimum absolute atomic E-state index is 0.0767. The van der Waals surface area contributed by atoms with Crippen LogP contribution in [0.4, 0.5) is 19.0 Å². The van der Waals surface area contributed by atoms with Crippen LogP contribution in [0.2, 0.25) is 0 Å². The average molecular weight is 460 g/mol. The molecular weight excluding hydrogens is 431 g/mol. The molecule has 0 atom stereocenters. The summed E-state index contributed by atoms with van der Waals surface area (Å²) in [6, 6.07) is 6.40. The molecule has 0 aliphatic carbocycles. The SMILES string of the molecule is CCCn1c(C)cc(/C=C(\C#N)C(=O)N2CCCN(c3ccc(C(F)(F)F)cn3)CC2)c1C. The number of pyridine rings is 1. The number of aromatic nitrogens is 2. The summed E-state index contributed by atoms with van der Waals surface area (Å²) in [7, 11) is 0. The Kier molecular flexibility index (Phi) is 7.46. The molecule has 0 radical (unpaired) electrons. The van der Waals surface area contributed by atoms with Crippen molar-refractivity contribution < 1.29 is 18.0 Å². The van der Waals surface area contributed by atoms with E-state index in [0.29, 0.717) is 38.4 Å². The Morgan fingerprint density at radius 2 is 1.97 bits per heavy atom. The second kappa shape index (κ2) is 10.1. The Hall–Kier alpha value is -3.28. The second-order valence-electron chi connectivity index (χ2n) is 8.18. The van der Waals surface area contributed by atoms with E-state index in [1.807, 2.05) is 30.9 Å². The van der Waals surface area contributed by atoms with Gasteiger partial charge in [-0.25, -0.2) is 4.98 Å². The summed E-state index contributed by atoms with van der Waals surface area (Å²) < 4.78 is 40.5. The fourth-order valence-electron chi connectivity index (χ4n) is 4.10. The molecule has 0 unspecified atom stereocenters. The van der Waals surface area contributed by atoms with Crippen LogP contribution in [0.3, 0.4) is 0 Å². The van der Waals surface area contributed by atoms with Crippen LogP contribution in [0.1, 0.15) is 42.3 Å². The van der Waals surface area contributed by atoms with Gasteiger partial charge in [0.2, 0.25) is 0 Å². The quantitative estimate of drug-likeness (QED) is 0.485. The molecule has 33 heavy (non-hydrogen) atoms. The molecule has 176 valence electrons. The van der Waals surface area contributed by atoms with Crippen molar-refractivity contribution in [2.45, 2.75) is 46.3 Å². The van der Waals surface area contributed by atoms with E-state index in [1.165, 1.54) is 6.07 Å². The molecule has 0 aromatic carbocycles. The smallest absolute Gasteiger partial charge is 0.355 e. The number of hydrogen-bond donors (Lipinski definition) is 0. The topological polar surface area (TPSA) is 65.2 Å². The van der Waals surface area contributed by atoms with Crippen LogP contribution in [0.15, 0.2) is 30.0 Å². The van der Waals surface area contributed by atoms with E-state index in [-0.39, 0.29) is 11.5 Å². The molecular formula is C24H28F3N5O. The summed E-state index contributed by atoms with van der Waals surface area (Å²) >= 11 is 0. The molecule has 2 aromatic heterocycles. The average Bonchev–Trinajstić information content (AvgIpc) is 2.95. The van der Waals surface area contributed by atoms with Gasteiger partial charge in [-0.2, -0.15) is 18.4 Å². The second-order valence-corrected chi connectivity index (χ2v) is 8.18. The minimum Gasteiger partial charge on any atom is -0.355 e. The van der Waals surface area contributed by atoms with Gasteiger partial charge < -0.3 is 14.4 Å². The summed E-state index contributed by atoms with van der Waals surface area (Å²) in [6.45, 7) is 8.77. The van der Waals surface area contributed by atoms with E-state index >= 15 is 0 Å². The van der Waals surface area contributed by atoms with Crippen LogP contribution >= 0.6 is 0 Å². The highest BCUT2D eigenvalue weighted by Gasteiger charge is 2.31. The molecule has 6 nitrogen and oxygen atoms in total. The molecule has 3 heterocycles. The summed E-state index contributed by atoms with van der Waals surface area (Å²) in [4.78, 5) is 20.5. The molecule has 3 rings (SSSR count). The Morgan fingerprint density at radius 1 is 1.21 bits per heavy atom. The lowest BCUT2D eigenvalue weighted by Gasteiger charge is -2.23. The molecule has 0 N–H and O–H groups in total. The highest BCUT2D eigenvalue weighted by molar-refractivity contribution is 6.01. The number of nitriles is 1. The van der Waals surface area contributed by atoms with Crippen molar-refractivity contribution in [3.05, 3.63) is 52.5 Å². The minimum atomic E-state index is -4.43. The van der Waals surface area contributed by atoms with Crippen molar-refractivity contribution in [3.8, 4) is 6.07 Å². The van der Waals surface area contributed by atoms with Crippen LogP contribution in [-0.4, -0.2) is 46.5 Å². The van der Waals surface area contributed by atoms with E-state index in [0.717, 1.165) is 42.2 Å². The Bertz CT molecular complexity index is 1060. The Morgan fingerprint density at radius 3 is 2.58 bits per heavy atom. The van der Waals surface area contributed by atoms with Crippen molar-refractivity contribution in [3.63, 3.8) is 0 Å². The number of halogens is 3. The summed E-state index contributed by atoms with van der Waals surface area (Å²) in [6.07, 6.45) is -0.340. The standard InChI is InChI=1S/C24H28F3N5O/c1-4-8-32-17(2)13-19(18(32)3)14-20(15-28)23(33)31-10-5-9-30(11-12-31)22-7-6-21(16-29-22)24(25,26)27/h6-7,13-14,16H,4-5,8-12H2,1-3H3/b20-14+. The van der Waals surface area contributed by atoms with Crippen LogP contribution in [0, 0.1) is 25.2 Å². The van der Waals surface area contributed by atoms with Gasteiger partial charge in [-0.05, 0) is 56.5 Å². The number of aryl methyl sites for hydroxylation is 1. The van der Waals surface area contributed by atoms with Crippen LogP contribution < -0.4 is 4.90 Å². The molecule has 1 aliphatic rings. The first-order chi connectivity index (χ1) is 15.7. The number of anilines is 1. The molecule has 1 fully saturated rings. The summed E-state index contributed by atoms with van der Waals surface area (Å²) in [5, 5.41) is 9.67. The lowest BCUT2D eigenvalue weighted by Crippen LogP contribution is -2.36. The Balaban J connectivity index is 1.72. The third-order valence-electron chi connectivity index (χ3n) is 5.89. The molecule has 0 spiro atoms. The van der Waals surface area contributed by atoms with Gasteiger partial charge in [-0.3, -0.25) is 4.79 Å². The maximum atomic E-state index is 13.1. The van der Waals surface area contributed by atoms with Gasteiger partial charge in [0.1, 0.15) is 17.5 Å². The maximum Gasteiger partial charge on any atom is 0.417 e. The van der Waals surface area contributed by atoms with E-state index in [2.05, 4.69) is 16.5 Å². The third kappa shape index (κ3) is 5.56. The first-order valence-corrected chi connectivity index (χ1v) is 11.0. The van der Waals surface area contributed by atoms with E-state index < -0.39 is 11.7 Å². The number of carbonyl (C=O) groups is 1. The number of nitrogens with zero attached hydrogens (tertiary/aromatic N) is 5. The van der Waals surface area contributed by atoms with Crippen molar-refractivity contribution >= 4 is 17.8 Å². The number of carbonyl (C=O) groups excluding carboxylic acids is 1. The van der Waals surface area contributed by atoms with Gasteiger partial charge in [-0.15, -0.1) is 0 Å². The zero-order chi connectivity index (χ0) is 24.2. The van der Waals surface area contributed by atoms with Crippen molar-refractivity contribution in [1.82, 2.24) is 14.5 Å². The van der Waals surface area contributed by atoms with Gasteiger partial charge in [0.15, 0.2) is 0 Å². The lowest BCUT2D eigenvalue weighted by molar-refractivity contribution is -0.137. The molecule has 1 aliphatic heterocycles. The number of amides is 1. The van der Waals surface area contributed by atoms with E-state index in [9.17, 15) is 23.2 Å². The molecule has 0 bridgehead atoms. The normalized spacial score (nSPS) is 15.4. The molecule has 1 saturated heterocycles. The first-order valence-electron chi connectivity index (χ1n) is 11.0. The fourth-order valence-corrected chi connectivity index (χ4v) is 4.10. The molecule has 0 saturated carbocycles. The summed E-state index contributed by atoms with van der Waals surface area (Å²) in [5.41, 5.74) is 2.24. The zero-order valence-corrected chi connectivity index (χ0v) is 19.1. The van der Waals surface area contributed by atoms with E-state index in [4.69, 9.17) is 0 Å². The lowest BCUT2D eigenvalue weighted by atomic mass is 10.1. The highest BCUT2D eigenvalue weighted by atomic mass is 19.4. The number of hydrogen-bond acceptors (Lipinski definition) is 4. The fraction of sp³-hybridized carbons (Fsp3) is 0.458. The number of alkyl halides is 3. The van der Waals surface area contributed by atoms with Crippen molar-refractivity contribution in [1.29, 1.82) is 5.26 Å². The third-order valence-corrected chi connectivity index (χ3v) is 5.89. The summed E-state index contributed by atoms with van der Waals surface area (Å²) in [5.74, 6) is 0.108. The van der Waals surface area contributed by atoms with Crippen LogP contribution in [-0.2, 0) is 17.5 Å². The monoisotopic (exact) mass is 459 g/mol. The maximum absolute atomic E-state index is 13.1. The molecule has 1 amide bonds. The first kappa shape index (κ1) is 24.4. The van der Waals surface area contributed by atoms with Crippen molar-refractivity contribution in [2.24, 2.45) is 0 Å². The van der Waals surface area contributed by atoms with Gasteiger partial charge in [0, 0.05) is 50.3 Å². The van der Waals surface area contributed by atoms with Gasteiger partial charge >= 0.3 is 6.18 Å². The van der Waals surface area contributed by atoms with Gasteiger partial charge in [-0.1, -0.05) is 6.92 Å². The van der Waals surface area contributed by atoms with Crippen molar-refractivity contribution in [2.75, 3.05) is 31.1 Å². The van der Waals surface area contributed by atoms with Crippen LogP contribution in [0.25, 0.3) is 6.08 Å². The zero-order valence-electron chi connectivity index (χ0n) is 19.1. The van der Waals surface area contributed by atoms with Gasteiger partial charge in [0.25, 0.3) is 5.91 Å². The van der Waals surface area contributed by atoms with E-state index in [1.54, 1.807) is 11.0 Å². The predicted octanol–water partition coefficient (Wildman–Crippen LogP) is 4.57. The highest BCUT2D eigenvalue weighted by Crippen LogP contribution is 2.29. The predicted molar refractivity (Wildman–Crippen MR) is 120 cm³/mol. The van der Waals surface area contributed by atoms with Gasteiger partial charge in [0.05, 0.1) is 5.56 Å². The number of rotatable bonds is 5.